The zero-order valence-electron chi connectivity index (χ0n) is 8.93. The molecule has 3 heteroatoms. The van der Waals surface area contributed by atoms with Crippen molar-refractivity contribution in [1.82, 2.24) is 0 Å². The summed E-state index contributed by atoms with van der Waals surface area (Å²) in [5.41, 5.74) is 7.10. The molecule has 0 saturated heterocycles. The van der Waals surface area contributed by atoms with Crippen LogP contribution in [0.4, 0.5) is 4.39 Å². The average molecular weight is 228 g/mol. The lowest BCUT2D eigenvalue weighted by Gasteiger charge is -2.15. The SMILES string of the molecule is CC1(C)CC1C(N)c1cc(F)ccc1Cl. The monoisotopic (exact) mass is 227 g/mol. The van der Waals surface area contributed by atoms with E-state index in [1.165, 1.54) is 12.1 Å². The highest BCUT2D eigenvalue weighted by Gasteiger charge is 2.49. The van der Waals surface area contributed by atoms with Crippen molar-refractivity contribution in [3.63, 3.8) is 0 Å². The summed E-state index contributed by atoms with van der Waals surface area (Å²) in [5.74, 6) is 0.139. The first-order chi connectivity index (χ1) is 6.92. The Morgan fingerprint density at radius 3 is 2.67 bits per heavy atom. The van der Waals surface area contributed by atoms with Crippen LogP contribution in [-0.4, -0.2) is 0 Å². The molecule has 1 aliphatic carbocycles. The lowest BCUT2D eigenvalue weighted by atomic mass is 9.98. The highest BCUT2D eigenvalue weighted by Crippen LogP contribution is 2.57. The molecule has 82 valence electrons. The fourth-order valence-corrected chi connectivity index (χ4v) is 2.35. The zero-order chi connectivity index (χ0) is 11.2. The summed E-state index contributed by atoms with van der Waals surface area (Å²) >= 11 is 6.01. The van der Waals surface area contributed by atoms with Crippen molar-refractivity contribution >= 4 is 11.6 Å². The molecule has 1 aromatic carbocycles. The van der Waals surface area contributed by atoms with Gasteiger partial charge in [0.2, 0.25) is 0 Å². The van der Waals surface area contributed by atoms with Gasteiger partial charge in [-0.05, 0) is 41.5 Å². The van der Waals surface area contributed by atoms with Gasteiger partial charge < -0.3 is 5.73 Å². The van der Waals surface area contributed by atoms with Crippen LogP contribution in [0.1, 0.15) is 31.9 Å². The van der Waals surface area contributed by atoms with Crippen molar-refractivity contribution in [2.24, 2.45) is 17.1 Å². The molecular formula is C12H15ClFN. The Balaban J connectivity index is 2.26. The Kier molecular flexibility index (Phi) is 2.52. The predicted octanol–water partition coefficient (Wildman–Crippen LogP) is 3.53. The van der Waals surface area contributed by atoms with Crippen LogP contribution in [-0.2, 0) is 0 Å². The summed E-state index contributed by atoms with van der Waals surface area (Å²) in [7, 11) is 0. The van der Waals surface area contributed by atoms with Gasteiger partial charge in [0.15, 0.2) is 0 Å². The van der Waals surface area contributed by atoms with E-state index in [1.807, 2.05) is 0 Å². The van der Waals surface area contributed by atoms with Crippen molar-refractivity contribution < 1.29 is 4.39 Å². The molecule has 0 radical (unpaired) electrons. The number of hydrogen-bond donors (Lipinski definition) is 1. The predicted molar refractivity (Wildman–Crippen MR) is 60.2 cm³/mol. The molecule has 1 aromatic rings. The first-order valence-corrected chi connectivity index (χ1v) is 5.50. The van der Waals surface area contributed by atoms with Crippen molar-refractivity contribution in [3.8, 4) is 0 Å². The van der Waals surface area contributed by atoms with Gasteiger partial charge in [-0.25, -0.2) is 4.39 Å². The Morgan fingerprint density at radius 2 is 2.13 bits per heavy atom. The fourth-order valence-electron chi connectivity index (χ4n) is 2.11. The lowest BCUT2D eigenvalue weighted by molar-refractivity contribution is 0.489. The Labute approximate surface area is 94.4 Å². The van der Waals surface area contributed by atoms with Gasteiger partial charge in [0, 0.05) is 11.1 Å². The lowest BCUT2D eigenvalue weighted by Crippen LogP contribution is -2.16. The second-order valence-corrected chi connectivity index (χ2v) is 5.40. The molecule has 1 fully saturated rings. The van der Waals surface area contributed by atoms with E-state index in [9.17, 15) is 4.39 Å². The summed E-state index contributed by atoms with van der Waals surface area (Å²) in [6, 6.07) is 4.22. The Hall–Kier alpha value is -0.600. The first kappa shape index (κ1) is 10.9. The molecule has 0 spiro atoms. The van der Waals surface area contributed by atoms with Gasteiger partial charge in [-0.3, -0.25) is 0 Å². The molecule has 2 N–H and O–H groups in total. The maximum Gasteiger partial charge on any atom is 0.123 e. The van der Waals surface area contributed by atoms with Crippen LogP contribution < -0.4 is 5.73 Å². The highest BCUT2D eigenvalue weighted by atomic mass is 35.5. The highest BCUT2D eigenvalue weighted by molar-refractivity contribution is 6.31. The van der Waals surface area contributed by atoms with Gasteiger partial charge in [-0.15, -0.1) is 0 Å². The summed E-state index contributed by atoms with van der Waals surface area (Å²) in [6.07, 6.45) is 1.08. The van der Waals surface area contributed by atoms with E-state index in [2.05, 4.69) is 13.8 Å². The third-order valence-electron chi connectivity index (χ3n) is 3.34. The normalized spacial score (nSPS) is 25.0. The molecule has 0 amide bonds. The smallest absolute Gasteiger partial charge is 0.123 e. The molecule has 1 aliphatic rings. The third kappa shape index (κ3) is 2.01. The molecule has 2 atom stereocenters. The van der Waals surface area contributed by atoms with Gasteiger partial charge in [-0.1, -0.05) is 25.4 Å². The van der Waals surface area contributed by atoms with Crippen LogP contribution in [0, 0.1) is 17.2 Å². The van der Waals surface area contributed by atoms with Crippen molar-refractivity contribution in [2.75, 3.05) is 0 Å². The molecule has 0 heterocycles. The van der Waals surface area contributed by atoms with Gasteiger partial charge in [0.25, 0.3) is 0 Å². The molecular weight excluding hydrogens is 213 g/mol. The first-order valence-electron chi connectivity index (χ1n) is 5.12. The van der Waals surface area contributed by atoms with Gasteiger partial charge >= 0.3 is 0 Å². The Morgan fingerprint density at radius 1 is 1.53 bits per heavy atom. The minimum atomic E-state index is -0.275. The largest absolute Gasteiger partial charge is 0.324 e. The molecule has 2 rings (SSSR count). The standard InChI is InChI=1S/C12H15ClFN/c1-12(2)6-9(12)11(15)8-5-7(14)3-4-10(8)13/h3-5,9,11H,6,15H2,1-2H3. The van der Waals surface area contributed by atoms with Crippen LogP contribution in [0.15, 0.2) is 18.2 Å². The van der Waals surface area contributed by atoms with Crippen LogP contribution >= 0.6 is 11.6 Å². The van der Waals surface area contributed by atoms with Gasteiger partial charge in [0.05, 0.1) is 0 Å². The van der Waals surface area contributed by atoms with Crippen molar-refractivity contribution in [1.29, 1.82) is 0 Å². The molecule has 2 unspecified atom stereocenters. The maximum atomic E-state index is 13.1. The maximum absolute atomic E-state index is 13.1. The molecule has 0 bridgehead atoms. The van der Waals surface area contributed by atoms with Crippen LogP contribution in [0.2, 0.25) is 5.02 Å². The van der Waals surface area contributed by atoms with Crippen molar-refractivity contribution in [2.45, 2.75) is 26.3 Å². The number of hydrogen-bond acceptors (Lipinski definition) is 1. The average Bonchev–Trinajstić information content (AvgIpc) is 2.78. The number of halogens is 2. The molecule has 1 nitrogen and oxygen atoms in total. The molecule has 0 aliphatic heterocycles. The van der Waals surface area contributed by atoms with Crippen LogP contribution in [0.25, 0.3) is 0 Å². The summed E-state index contributed by atoms with van der Waals surface area (Å²) in [4.78, 5) is 0. The molecule has 15 heavy (non-hydrogen) atoms. The zero-order valence-corrected chi connectivity index (χ0v) is 9.68. The third-order valence-corrected chi connectivity index (χ3v) is 3.68. The number of benzene rings is 1. The quantitative estimate of drug-likeness (QED) is 0.822. The van der Waals surface area contributed by atoms with Gasteiger partial charge in [0.1, 0.15) is 5.82 Å². The van der Waals surface area contributed by atoms with E-state index < -0.39 is 0 Å². The topological polar surface area (TPSA) is 26.0 Å². The second kappa shape index (κ2) is 3.46. The van der Waals surface area contributed by atoms with E-state index in [-0.39, 0.29) is 17.3 Å². The summed E-state index contributed by atoms with van der Waals surface area (Å²) < 4.78 is 13.1. The van der Waals surface area contributed by atoms with Gasteiger partial charge in [-0.2, -0.15) is 0 Å². The minimum absolute atomic E-state index is 0.150. The van der Waals surface area contributed by atoms with E-state index in [4.69, 9.17) is 17.3 Å². The number of nitrogens with two attached hydrogens (primary N) is 1. The van der Waals surface area contributed by atoms with Crippen LogP contribution in [0.5, 0.6) is 0 Å². The molecule has 1 saturated carbocycles. The summed E-state index contributed by atoms with van der Waals surface area (Å²) in [6.45, 7) is 4.34. The van der Waals surface area contributed by atoms with E-state index in [0.717, 1.165) is 12.0 Å². The van der Waals surface area contributed by atoms with E-state index >= 15 is 0 Å². The number of rotatable bonds is 2. The van der Waals surface area contributed by atoms with Crippen molar-refractivity contribution in [3.05, 3.63) is 34.6 Å². The molecule has 0 aromatic heterocycles. The van der Waals surface area contributed by atoms with E-state index in [0.29, 0.717) is 10.9 Å². The minimum Gasteiger partial charge on any atom is -0.324 e. The van der Waals surface area contributed by atoms with E-state index in [1.54, 1.807) is 6.07 Å². The summed E-state index contributed by atoms with van der Waals surface area (Å²) in [5, 5.41) is 0.562. The second-order valence-electron chi connectivity index (χ2n) is 4.99. The Bertz CT molecular complexity index is 389. The van der Waals surface area contributed by atoms with Crippen LogP contribution in [0.3, 0.4) is 0 Å². The fraction of sp³-hybridized carbons (Fsp3) is 0.500.